The van der Waals surface area contributed by atoms with E-state index in [0.717, 1.165) is 81.6 Å². The van der Waals surface area contributed by atoms with E-state index >= 15 is 0 Å². The molecule has 0 aromatic rings. The molecule has 3 rings (SSSR count). The Balaban J connectivity index is 1.38. The molecule has 0 aliphatic heterocycles. The number of hydrogen-bond donors (Lipinski definition) is 3. The molecule has 8 nitrogen and oxygen atoms in total. The molecule has 0 bridgehead atoms. The van der Waals surface area contributed by atoms with Crippen molar-refractivity contribution < 1.29 is 24.9 Å². The Labute approximate surface area is 272 Å². The number of aliphatic hydroxyl groups is 3. The number of allylic oxidation sites excluding steroid dienone is 3. The molecule has 254 valence electrons. The molecule has 8 heteroatoms. The van der Waals surface area contributed by atoms with Gasteiger partial charge in [0.1, 0.15) is 6.61 Å². The van der Waals surface area contributed by atoms with Gasteiger partial charge in [-0.05, 0) is 119 Å². The van der Waals surface area contributed by atoms with Gasteiger partial charge in [0, 0.05) is 17.9 Å². The van der Waals surface area contributed by atoms with Crippen LogP contribution in [0.5, 0.6) is 0 Å². The molecule has 3 fully saturated rings. The summed E-state index contributed by atoms with van der Waals surface area (Å²) in [6.07, 6.45) is 22.5. The normalized spacial score (nSPS) is 26.7. The van der Waals surface area contributed by atoms with E-state index in [-0.39, 0.29) is 12.6 Å². The lowest BCUT2D eigenvalue weighted by Gasteiger charge is -2.34. The van der Waals surface area contributed by atoms with Gasteiger partial charge in [-0.15, -0.1) is 0 Å². The first kappa shape index (κ1) is 37.3. The number of azide groups is 1. The summed E-state index contributed by atoms with van der Waals surface area (Å²) in [7, 11) is 0. The van der Waals surface area contributed by atoms with E-state index in [9.17, 15) is 20.1 Å². The number of unbranched alkanes of at least 4 members (excludes halogenated alkanes) is 6. The van der Waals surface area contributed by atoms with Gasteiger partial charge >= 0.3 is 5.97 Å². The smallest absolute Gasteiger partial charge is 0.306 e. The number of aliphatic hydroxyl groups excluding tert-OH is 2. The zero-order valence-corrected chi connectivity index (χ0v) is 28.3. The topological polar surface area (TPSA) is 136 Å². The van der Waals surface area contributed by atoms with Gasteiger partial charge in [-0.25, -0.2) is 0 Å². The maximum Gasteiger partial charge on any atom is 0.306 e. The van der Waals surface area contributed by atoms with Crippen LogP contribution < -0.4 is 0 Å². The molecule has 0 spiro atoms. The van der Waals surface area contributed by atoms with Crippen LogP contribution in [0, 0.1) is 23.7 Å². The third-order valence-electron chi connectivity index (χ3n) is 10.5. The maximum atomic E-state index is 12.1. The fourth-order valence-electron chi connectivity index (χ4n) is 8.04. The second kappa shape index (κ2) is 19.5. The second-order valence-electron chi connectivity index (χ2n) is 14.7. The van der Waals surface area contributed by atoms with Crippen LogP contribution >= 0.6 is 0 Å². The summed E-state index contributed by atoms with van der Waals surface area (Å²) in [5, 5.41) is 35.3. The summed E-state index contributed by atoms with van der Waals surface area (Å²) in [5.41, 5.74) is 10.9. The Bertz CT molecular complexity index is 1040. The summed E-state index contributed by atoms with van der Waals surface area (Å²) >= 11 is 0. The van der Waals surface area contributed by atoms with Crippen molar-refractivity contribution in [3.05, 3.63) is 45.4 Å². The van der Waals surface area contributed by atoms with E-state index in [0.29, 0.717) is 43.2 Å². The average Bonchev–Trinajstić information content (AvgIpc) is 3.43. The van der Waals surface area contributed by atoms with E-state index in [1.165, 1.54) is 32.1 Å². The molecule has 0 saturated heterocycles. The molecule has 3 aliphatic carbocycles. The van der Waals surface area contributed by atoms with Gasteiger partial charge < -0.3 is 20.1 Å². The van der Waals surface area contributed by atoms with Crippen molar-refractivity contribution in [2.24, 2.45) is 28.8 Å². The van der Waals surface area contributed by atoms with Crippen molar-refractivity contribution in [2.75, 3.05) is 13.2 Å². The fourth-order valence-corrected chi connectivity index (χ4v) is 8.04. The minimum Gasteiger partial charge on any atom is -0.461 e. The summed E-state index contributed by atoms with van der Waals surface area (Å²) in [6, 6.07) is 0. The first-order chi connectivity index (χ1) is 21.6. The van der Waals surface area contributed by atoms with E-state index in [1.807, 2.05) is 13.8 Å². The highest BCUT2D eigenvalue weighted by atomic mass is 16.5. The van der Waals surface area contributed by atoms with Crippen LogP contribution in [-0.4, -0.2) is 52.2 Å². The number of nitrogens with zero attached hydrogens (tertiary/aromatic N) is 3. The van der Waals surface area contributed by atoms with Crippen molar-refractivity contribution in [2.45, 2.75) is 154 Å². The van der Waals surface area contributed by atoms with Gasteiger partial charge in [0.05, 0.1) is 17.8 Å². The van der Waals surface area contributed by atoms with Crippen molar-refractivity contribution in [3.8, 4) is 0 Å². The molecule has 3 saturated carbocycles. The minimum absolute atomic E-state index is 0.0803. The van der Waals surface area contributed by atoms with E-state index < -0.39 is 17.8 Å². The van der Waals surface area contributed by atoms with Crippen LogP contribution in [0.4, 0.5) is 0 Å². The van der Waals surface area contributed by atoms with Gasteiger partial charge in [0.15, 0.2) is 0 Å². The van der Waals surface area contributed by atoms with Crippen LogP contribution in [0.25, 0.3) is 10.4 Å². The number of ether oxygens (including phenoxy) is 1. The largest absolute Gasteiger partial charge is 0.461 e. The minimum atomic E-state index is -0.761. The lowest BCUT2D eigenvalue weighted by atomic mass is 9.71. The fraction of sp³-hybridized carbons (Fsp3) is 0.811. The molecular formula is C37H61N3O5. The molecule has 3 N–H and O–H groups in total. The molecule has 0 aromatic heterocycles. The van der Waals surface area contributed by atoms with E-state index in [4.69, 9.17) is 10.3 Å². The predicted octanol–water partition coefficient (Wildman–Crippen LogP) is 8.66. The van der Waals surface area contributed by atoms with Crippen LogP contribution in [-0.2, 0) is 9.53 Å². The Morgan fingerprint density at radius 3 is 2.40 bits per heavy atom. The Kier molecular flexibility index (Phi) is 16.2. The highest BCUT2D eigenvalue weighted by molar-refractivity contribution is 5.69. The summed E-state index contributed by atoms with van der Waals surface area (Å²) in [6.45, 7) is 6.87. The van der Waals surface area contributed by atoms with Gasteiger partial charge in [-0.1, -0.05) is 80.3 Å². The Hall–Kier alpha value is -2.12. The molecule has 0 unspecified atom stereocenters. The predicted molar refractivity (Wildman–Crippen MR) is 180 cm³/mol. The van der Waals surface area contributed by atoms with Crippen molar-refractivity contribution in [1.82, 2.24) is 0 Å². The second-order valence-corrected chi connectivity index (χ2v) is 14.7. The van der Waals surface area contributed by atoms with Gasteiger partial charge in [-0.3, -0.25) is 4.79 Å². The number of hydrogen-bond acceptors (Lipinski definition) is 6. The number of carbonyl (C=O) groups is 1. The highest BCUT2D eigenvalue weighted by Gasteiger charge is 2.41. The molecule has 45 heavy (non-hydrogen) atoms. The summed E-state index contributed by atoms with van der Waals surface area (Å²) in [4.78, 5) is 14.9. The van der Waals surface area contributed by atoms with Gasteiger partial charge in [0.25, 0.3) is 0 Å². The molecule has 0 heterocycles. The number of esters is 1. The van der Waals surface area contributed by atoms with Crippen LogP contribution in [0.2, 0.25) is 0 Å². The number of rotatable bonds is 18. The zero-order chi connectivity index (χ0) is 32.7. The maximum absolute atomic E-state index is 12.1. The molecule has 0 radical (unpaired) electrons. The standard InChI is InChI=1S/C37H61N3O5/c1-27(13-12-22-37(2,3)44)30-19-20-31-29(14-11-15-32(30)31)18-17-28-25-34(41)33(35(42)26-28)21-24-45-36(43)16-9-7-5-4-6-8-10-23-39-40-38/h17-18,21,27,30-32,34-35,41-42,44H,4-16,19-20,22-26H2,1-3H3/b28-17?,29-18+,33-21?/t27-,30+,31-,32+,34+,35+/m0/s1. The Morgan fingerprint density at radius 1 is 1.02 bits per heavy atom. The first-order valence-corrected chi connectivity index (χ1v) is 17.9. The van der Waals surface area contributed by atoms with Crippen LogP contribution in [0.1, 0.15) is 136 Å². The zero-order valence-electron chi connectivity index (χ0n) is 28.3. The third kappa shape index (κ3) is 13.3. The summed E-state index contributed by atoms with van der Waals surface area (Å²) in [5.74, 6) is 2.63. The number of carbonyl (C=O) groups excluding carboxylic acids is 1. The molecule has 3 aliphatic rings. The third-order valence-corrected chi connectivity index (χ3v) is 10.5. The number of fused-ring (bicyclic) bond motifs is 1. The molecular weight excluding hydrogens is 566 g/mol. The van der Waals surface area contributed by atoms with Gasteiger partial charge in [0.2, 0.25) is 0 Å². The van der Waals surface area contributed by atoms with Gasteiger partial charge in [-0.2, -0.15) is 0 Å². The Morgan fingerprint density at radius 2 is 1.71 bits per heavy atom. The molecule has 6 atom stereocenters. The lowest BCUT2D eigenvalue weighted by molar-refractivity contribution is -0.142. The highest BCUT2D eigenvalue weighted by Crippen LogP contribution is 2.51. The van der Waals surface area contributed by atoms with Crippen molar-refractivity contribution in [1.29, 1.82) is 0 Å². The quantitative estimate of drug-likeness (QED) is 0.0349. The first-order valence-electron chi connectivity index (χ1n) is 17.9. The van der Waals surface area contributed by atoms with E-state index in [2.05, 4.69) is 29.1 Å². The average molecular weight is 628 g/mol. The van der Waals surface area contributed by atoms with Crippen molar-refractivity contribution in [3.63, 3.8) is 0 Å². The molecule has 0 amide bonds. The lowest BCUT2D eigenvalue weighted by Crippen LogP contribution is -2.29. The summed E-state index contributed by atoms with van der Waals surface area (Å²) < 4.78 is 5.37. The molecule has 0 aromatic carbocycles. The SMILES string of the molecule is C[C@@H](CCCC(C)(C)O)[C@H]1CC[C@H]2/C(=C/C=C3C[C@@H](O)C(=CCOC(=O)CCCCCCCCCN=[N+]=[N-])[C@H](O)C3)CCC[C@H]12. The van der Waals surface area contributed by atoms with Crippen molar-refractivity contribution >= 4 is 5.97 Å². The van der Waals surface area contributed by atoms with Crippen LogP contribution in [0.15, 0.2) is 40.1 Å². The monoisotopic (exact) mass is 627 g/mol. The van der Waals surface area contributed by atoms with E-state index in [1.54, 1.807) is 11.6 Å². The van der Waals surface area contributed by atoms with Crippen LogP contribution in [0.3, 0.4) is 0 Å².